The molecule has 7 heterocycles. The average molecular weight is 571 g/mol. The lowest BCUT2D eigenvalue weighted by atomic mass is 10.1. The number of aryl methyl sites for hydroxylation is 2. The van der Waals surface area contributed by atoms with Crippen LogP contribution in [0.1, 0.15) is 11.4 Å². The molecule has 0 spiro atoms. The number of hydrogen-bond acceptors (Lipinski definition) is 10. The highest BCUT2D eigenvalue weighted by atomic mass is 15.0. The van der Waals surface area contributed by atoms with Crippen LogP contribution < -0.4 is 0 Å². The summed E-state index contributed by atoms with van der Waals surface area (Å²) in [6.45, 7) is 3.87. The minimum atomic E-state index is 0.530. The van der Waals surface area contributed by atoms with Crippen LogP contribution in [-0.2, 0) is 0 Å². The Morgan fingerprint density at radius 1 is 0.318 bits per heavy atom. The van der Waals surface area contributed by atoms with Gasteiger partial charge < -0.3 is 0 Å². The lowest BCUT2D eigenvalue weighted by Gasteiger charge is -2.15. The Kier molecular flexibility index (Phi) is 5.97. The van der Waals surface area contributed by atoms with E-state index in [9.17, 15) is 0 Å². The van der Waals surface area contributed by atoms with Crippen LogP contribution in [0.2, 0.25) is 0 Å². The second kappa shape index (κ2) is 10.3. The number of nitrogens with zero attached hydrogens (tertiary/aromatic N) is 10. The number of aromatic nitrogens is 10. The van der Waals surface area contributed by atoms with Crippen molar-refractivity contribution in [2.45, 2.75) is 13.8 Å². The van der Waals surface area contributed by atoms with Gasteiger partial charge in [0.2, 0.25) is 0 Å². The molecule has 0 unspecified atom stereocenters. The van der Waals surface area contributed by atoms with Crippen molar-refractivity contribution in [1.29, 1.82) is 0 Å². The second-order valence-electron chi connectivity index (χ2n) is 10.2. The van der Waals surface area contributed by atoms with E-state index in [-0.39, 0.29) is 0 Å². The van der Waals surface area contributed by atoms with E-state index in [1.165, 1.54) is 0 Å². The van der Waals surface area contributed by atoms with Gasteiger partial charge in [-0.1, -0.05) is 24.3 Å². The van der Waals surface area contributed by atoms with Crippen molar-refractivity contribution in [2.75, 3.05) is 0 Å². The molecule has 7 aromatic heterocycles. The molecule has 0 radical (unpaired) electrons. The molecule has 0 saturated heterocycles. The molecule has 0 amide bonds. The molecule has 10 nitrogen and oxygen atoms in total. The van der Waals surface area contributed by atoms with Gasteiger partial charge in [-0.15, -0.1) is 0 Å². The van der Waals surface area contributed by atoms with Crippen LogP contribution in [0.25, 0.3) is 78.7 Å². The van der Waals surface area contributed by atoms with E-state index >= 15 is 0 Å². The van der Waals surface area contributed by atoms with Crippen LogP contribution in [0, 0.1) is 13.8 Å². The van der Waals surface area contributed by atoms with Crippen molar-refractivity contribution >= 4 is 33.1 Å². The van der Waals surface area contributed by atoms with Gasteiger partial charge in [-0.25, -0.2) is 29.9 Å². The van der Waals surface area contributed by atoms with E-state index < -0.39 is 0 Å². The van der Waals surface area contributed by atoms with Crippen LogP contribution in [0.3, 0.4) is 0 Å². The first kappa shape index (κ1) is 25.5. The summed E-state index contributed by atoms with van der Waals surface area (Å²) >= 11 is 0. The van der Waals surface area contributed by atoms with Gasteiger partial charge in [0, 0.05) is 24.8 Å². The second-order valence-corrected chi connectivity index (χ2v) is 10.2. The zero-order valence-corrected chi connectivity index (χ0v) is 23.7. The number of fused-ring (bicyclic) bond motifs is 6. The fourth-order valence-corrected chi connectivity index (χ4v) is 5.19. The third kappa shape index (κ3) is 4.19. The summed E-state index contributed by atoms with van der Waals surface area (Å²) in [5.74, 6) is 0. The van der Waals surface area contributed by atoms with E-state index in [1.54, 1.807) is 24.8 Å². The predicted molar refractivity (Wildman–Crippen MR) is 168 cm³/mol. The summed E-state index contributed by atoms with van der Waals surface area (Å²) in [7, 11) is 0. The lowest BCUT2D eigenvalue weighted by Crippen LogP contribution is -2.05. The van der Waals surface area contributed by atoms with Crippen molar-refractivity contribution in [3.63, 3.8) is 0 Å². The molecule has 0 atom stereocenters. The molecule has 10 heteroatoms. The summed E-state index contributed by atoms with van der Waals surface area (Å²) in [5.41, 5.74) is 9.86. The van der Waals surface area contributed by atoms with Gasteiger partial charge in [-0.3, -0.25) is 19.9 Å². The fourth-order valence-electron chi connectivity index (χ4n) is 5.19. The fraction of sp³-hybridized carbons (Fsp3) is 0.0588. The zero-order valence-electron chi connectivity index (χ0n) is 23.7. The third-order valence-electron chi connectivity index (χ3n) is 7.40. The van der Waals surface area contributed by atoms with Crippen molar-refractivity contribution in [3.8, 4) is 45.6 Å². The predicted octanol–water partition coefficient (Wildman–Crippen LogP) is 6.38. The molecule has 8 aromatic rings. The Morgan fingerprint density at radius 3 is 0.795 bits per heavy atom. The van der Waals surface area contributed by atoms with Crippen molar-refractivity contribution in [3.05, 3.63) is 109 Å². The molecule has 0 aliphatic rings. The summed E-state index contributed by atoms with van der Waals surface area (Å²) < 4.78 is 0. The summed E-state index contributed by atoms with van der Waals surface area (Å²) in [4.78, 5) is 49.2. The maximum Gasteiger partial charge on any atom is 0.120 e. The average Bonchev–Trinajstić information content (AvgIpc) is 3.09. The molecule has 0 aliphatic carbocycles. The first-order valence-corrected chi connectivity index (χ1v) is 14.0. The monoisotopic (exact) mass is 570 g/mol. The van der Waals surface area contributed by atoms with Crippen LogP contribution in [0.5, 0.6) is 0 Å². The third-order valence-corrected chi connectivity index (χ3v) is 7.40. The lowest BCUT2D eigenvalue weighted by molar-refractivity contribution is 1.10. The molecule has 0 saturated carbocycles. The van der Waals surface area contributed by atoms with Gasteiger partial charge in [0.1, 0.15) is 55.9 Å². The highest BCUT2D eigenvalue weighted by Crippen LogP contribution is 2.37. The van der Waals surface area contributed by atoms with Gasteiger partial charge in [0.15, 0.2) is 0 Å². The summed E-state index contributed by atoms with van der Waals surface area (Å²) in [5, 5.41) is 0. The van der Waals surface area contributed by atoms with Gasteiger partial charge in [0.05, 0.1) is 34.2 Å². The largest absolute Gasteiger partial charge is 0.255 e. The van der Waals surface area contributed by atoms with E-state index in [1.807, 2.05) is 86.6 Å². The minimum absolute atomic E-state index is 0.530. The molecule has 208 valence electrons. The van der Waals surface area contributed by atoms with Gasteiger partial charge in [-0.2, -0.15) is 0 Å². The summed E-state index contributed by atoms with van der Waals surface area (Å²) in [6, 6.07) is 22.8. The SMILES string of the molecule is Cc1nc2c(nc1C)c1nc(-c3ccccn3)c(-c3ccccn3)nc1c1nc(-c3ccccn3)c(-c3ccccn3)nc21. The van der Waals surface area contributed by atoms with E-state index in [0.717, 1.165) is 11.4 Å². The van der Waals surface area contributed by atoms with Crippen LogP contribution >= 0.6 is 0 Å². The number of rotatable bonds is 4. The Labute approximate surface area is 251 Å². The highest BCUT2D eigenvalue weighted by molar-refractivity contribution is 6.19. The topological polar surface area (TPSA) is 129 Å². The molecule has 0 aliphatic heterocycles. The van der Waals surface area contributed by atoms with Crippen LogP contribution in [0.4, 0.5) is 0 Å². The Hall–Kier alpha value is -6.16. The van der Waals surface area contributed by atoms with Gasteiger partial charge in [0.25, 0.3) is 0 Å². The Balaban J connectivity index is 1.58. The molecule has 0 bridgehead atoms. The van der Waals surface area contributed by atoms with Crippen LogP contribution in [-0.4, -0.2) is 49.8 Å². The molecule has 44 heavy (non-hydrogen) atoms. The first-order valence-electron chi connectivity index (χ1n) is 14.0. The van der Waals surface area contributed by atoms with Gasteiger partial charge >= 0.3 is 0 Å². The maximum absolute atomic E-state index is 5.22. The Bertz CT molecular complexity index is 2160. The van der Waals surface area contributed by atoms with E-state index in [4.69, 9.17) is 29.9 Å². The van der Waals surface area contributed by atoms with Crippen molar-refractivity contribution in [1.82, 2.24) is 49.8 Å². The quantitative estimate of drug-likeness (QED) is 0.220. The highest BCUT2D eigenvalue weighted by Gasteiger charge is 2.24. The molecule has 8 rings (SSSR count). The van der Waals surface area contributed by atoms with Gasteiger partial charge in [-0.05, 0) is 62.4 Å². The molecule has 0 fully saturated rings. The van der Waals surface area contributed by atoms with Crippen LogP contribution in [0.15, 0.2) is 97.6 Å². The smallest absolute Gasteiger partial charge is 0.120 e. The van der Waals surface area contributed by atoms with E-state index in [0.29, 0.717) is 78.7 Å². The first-order chi connectivity index (χ1) is 21.7. The number of hydrogen-bond donors (Lipinski definition) is 0. The van der Waals surface area contributed by atoms with Crippen molar-refractivity contribution < 1.29 is 0 Å². The minimum Gasteiger partial charge on any atom is -0.255 e. The normalized spacial score (nSPS) is 11.4. The summed E-state index contributed by atoms with van der Waals surface area (Å²) in [6.07, 6.45) is 6.94. The molecular weight excluding hydrogens is 548 g/mol. The standard InChI is InChI=1S/C34H22N10/c1-19-20(2)40-30-29(39-19)31-33(43-27(23-13-5-9-17-37-23)25(41-31)21-11-3-7-15-35-21)34-32(30)42-26(22-12-4-8-16-36-22)28(44-34)24-14-6-10-18-38-24/h3-18H,1-2H3. The molecule has 1 aromatic carbocycles. The number of pyridine rings is 4. The van der Waals surface area contributed by atoms with E-state index in [2.05, 4.69) is 19.9 Å². The maximum atomic E-state index is 5.22. The number of benzene rings is 1. The zero-order chi connectivity index (χ0) is 29.6. The molecule has 0 N–H and O–H groups in total. The molecular formula is C34H22N10. The Morgan fingerprint density at radius 2 is 0.568 bits per heavy atom. The van der Waals surface area contributed by atoms with Crippen molar-refractivity contribution in [2.24, 2.45) is 0 Å².